The second-order valence-corrected chi connectivity index (χ2v) is 17.6. The van der Waals surface area contributed by atoms with E-state index in [1.807, 2.05) is 0 Å². The Morgan fingerprint density at radius 2 is 1.69 bits per heavy atom. The Bertz CT molecular complexity index is 173. The fourth-order valence-corrected chi connectivity index (χ4v) is 0.714. The van der Waals surface area contributed by atoms with Crippen molar-refractivity contribution in [3.05, 3.63) is 0 Å². The quantitative estimate of drug-likeness (QED) is 0.318. The lowest BCUT2D eigenvalue weighted by molar-refractivity contribution is 0.369. The van der Waals surface area contributed by atoms with Gasteiger partial charge in [0.1, 0.15) is 11.7 Å². The number of rotatable bonds is 2. The zero-order valence-corrected chi connectivity index (χ0v) is 12.7. The Morgan fingerprint density at radius 3 is 1.69 bits per heavy atom. The minimum absolute atomic E-state index is 0.396. The Morgan fingerprint density at radius 1 is 1.46 bits per heavy atom. The van der Waals surface area contributed by atoms with E-state index >= 15 is 0 Å². The lowest BCUT2D eigenvalue weighted by Crippen LogP contribution is -2.05. The first-order chi connectivity index (χ1) is 5.48. The van der Waals surface area contributed by atoms with Gasteiger partial charge in [0.05, 0.1) is 0 Å². The monoisotopic (exact) mass is 308 g/mol. The molecule has 3 nitrogen and oxygen atoms in total. The molecule has 0 spiro atoms. The summed E-state index contributed by atoms with van der Waals surface area (Å²) in [6.45, 7) is 7.61. The van der Waals surface area contributed by atoms with Gasteiger partial charge in [-0.05, 0) is 6.42 Å². The molecule has 13 heavy (non-hydrogen) atoms. The van der Waals surface area contributed by atoms with E-state index in [9.17, 15) is 4.57 Å². The number of hydrogen-bond acceptors (Lipinski definition) is 2. The van der Waals surface area contributed by atoms with Gasteiger partial charge in [-0.3, -0.25) is 4.57 Å². The van der Waals surface area contributed by atoms with Crippen molar-refractivity contribution >= 4 is 42.2 Å². The van der Waals surface area contributed by atoms with Crippen LogP contribution in [0.1, 0.15) is 13.3 Å². The average molecular weight is 309 g/mol. The highest BCUT2D eigenvalue weighted by atomic mass is 79.9. The van der Waals surface area contributed by atoms with Crippen molar-refractivity contribution in [3.63, 3.8) is 0 Å². The summed E-state index contributed by atoms with van der Waals surface area (Å²) < 4.78 is 10.2. The van der Waals surface area contributed by atoms with Gasteiger partial charge in [-0.2, -0.15) is 12.6 Å². The van der Waals surface area contributed by atoms with E-state index < -0.39 is 19.3 Å². The molecule has 0 rings (SSSR count). The lowest BCUT2D eigenvalue weighted by atomic mass is 10.6. The fourth-order valence-electron chi connectivity index (χ4n) is 0.238. The molecule has 0 aliphatic heterocycles. The van der Waals surface area contributed by atoms with E-state index in [0.717, 1.165) is 0 Å². The number of hydrogen-bond donors (Lipinski definition) is 3. The molecule has 0 saturated heterocycles. The molecule has 2 N–H and O–H groups in total. The second kappa shape index (κ2) is 6.64. The van der Waals surface area contributed by atoms with Crippen molar-refractivity contribution in [1.82, 2.24) is 0 Å². The minimum atomic E-state index is -3.89. The van der Waals surface area contributed by atoms with Gasteiger partial charge in [-0.1, -0.05) is 26.6 Å². The predicted octanol–water partition coefficient (Wildman–Crippen LogP) is 3.05. The maximum absolute atomic E-state index is 10.2. The standard InChI is InChI=1S/C3H9BrSi.C3H9O3PS/c1-5(2,3)4;1-2-3(8)7(4,5)6/h1-3H3;3,8H,2H2,1H3,(H2,4,5,6). The van der Waals surface area contributed by atoms with Crippen molar-refractivity contribution in [2.75, 3.05) is 0 Å². The number of halogens is 1. The normalized spacial score (nSPS) is 14.5. The Balaban J connectivity index is 0. The molecule has 7 heteroatoms. The summed E-state index contributed by atoms with van der Waals surface area (Å²) in [7, 11) is -3.89. The van der Waals surface area contributed by atoms with Crippen molar-refractivity contribution < 1.29 is 14.4 Å². The average Bonchev–Trinajstić information content (AvgIpc) is 1.80. The zero-order valence-electron chi connectivity index (χ0n) is 8.36. The summed E-state index contributed by atoms with van der Waals surface area (Å²) in [4.78, 5) is 15.9. The molecule has 0 radical (unpaired) electrons. The summed E-state index contributed by atoms with van der Waals surface area (Å²) >= 11 is 7.16. The summed E-state index contributed by atoms with van der Waals surface area (Å²) in [6, 6.07) is 0. The van der Waals surface area contributed by atoms with Gasteiger partial charge in [-0.25, -0.2) is 0 Å². The summed E-state index contributed by atoms with van der Waals surface area (Å²) in [6.07, 6.45) is 0.396. The molecule has 0 aromatic carbocycles. The zero-order chi connectivity index (χ0) is 11.3. The van der Waals surface area contributed by atoms with E-state index in [4.69, 9.17) is 9.79 Å². The molecule has 0 aromatic heterocycles. The molecule has 1 atom stereocenters. The fraction of sp³-hybridized carbons (Fsp3) is 1.00. The molecule has 0 aromatic rings. The maximum atomic E-state index is 10.2. The van der Waals surface area contributed by atoms with Crippen molar-refractivity contribution in [2.24, 2.45) is 0 Å². The van der Waals surface area contributed by atoms with Crippen LogP contribution in [-0.2, 0) is 4.57 Å². The SMILES string of the molecule is CCC(S)P(=O)(O)O.C[Si](C)(C)Br. The first-order valence-electron chi connectivity index (χ1n) is 3.90. The Hall–Kier alpha value is 1.20. The van der Waals surface area contributed by atoms with E-state index in [-0.39, 0.29) is 0 Å². The molecule has 0 fully saturated rings. The third-order valence-corrected chi connectivity index (χ3v) is 3.16. The van der Waals surface area contributed by atoms with Gasteiger partial charge in [0.15, 0.2) is 0 Å². The second-order valence-electron chi connectivity index (χ2n) is 3.54. The van der Waals surface area contributed by atoms with Crippen LogP contribution in [0.25, 0.3) is 0 Å². The highest BCUT2D eigenvalue weighted by molar-refractivity contribution is 9.26. The molecular formula is C6H18BrO3PSSi. The Labute approximate surface area is 94.5 Å². The molecule has 0 bridgehead atoms. The van der Waals surface area contributed by atoms with Gasteiger partial charge in [-0.15, -0.1) is 15.3 Å². The van der Waals surface area contributed by atoms with E-state index in [1.54, 1.807) is 6.92 Å². The molecule has 82 valence electrons. The smallest absolute Gasteiger partial charge is 0.324 e. The molecule has 0 aliphatic rings. The lowest BCUT2D eigenvalue weighted by Gasteiger charge is -2.07. The van der Waals surface area contributed by atoms with Crippen molar-refractivity contribution in [2.45, 2.75) is 38.0 Å². The van der Waals surface area contributed by atoms with Crippen LogP contribution in [0.15, 0.2) is 0 Å². The molecule has 0 heterocycles. The first kappa shape index (κ1) is 16.6. The van der Waals surface area contributed by atoms with Gasteiger partial charge >= 0.3 is 7.60 Å². The highest BCUT2D eigenvalue weighted by Gasteiger charge is 2.21. The maximum Gasteiger partial charge on any atom is 0.338 e. The van der Waals surface area contributed by atoms with E-state index in [0.29, 0.717) is 6.42 Å². The van der Waals surface area contributed by atoms with Crippen LogP contribution in [-0.4, -0.2) is 21.5 Å². The van der Waals surface area contributed by atoms with Crippen LogP contribution in [0.5, 0.6) is 0 Å². The molecule has 0 saturated carbocycles. The molecule has 0 amide bonds. The van der Waals surface area contributed by atoms with Gasteiger partial charge < -0.3 is 9.79 Å². The topological polar surface area (TPSA) is 57.5 Å². The minimum Gasteiger partial charge on any atom is -0.324 e. The van der Waals surface area contributed by atoms with Crippen LogP contribution < -0.4 is 0 Å². The van der Waals surface area contributed by atoms with Crippen LogP contribution in [0.3, 0.4) is 0 Å². The molecular weight excluding hydrogens is 291 g/mol. The highest BCUT2D eigenvalue weighted by Crippen LogP contribution is 2.44. The van der Waals surface area contributed by atoms with Gasteiger partial charge in [0, 0.05) is 0 Å². The van der Waals surface area contributed by atoms with Crippen LogP contribution in [0.2, 0.25) is 19.6 Å². The summed E-state index contributed by atoms with van der Waals surface area (Å²) in [5, 5.41) is 0. The third-order valence-electron chi connectivity index (χ3n) is 0.753. The number of thiol groups is 1. The van der Waals surface area contributed by atoms with Crippen LogP contribution in [0.4, 0.5) is 0 Å². The van der Waals surface area contributed by atoms with Gasteiger partial charge in [0.25, 0.3) is 0 Å². The van der Waals surface area contributed by atoms with E-state index in [2.05, 4.69) is 47.6 Å². The van der Waals surface area contributed by atoms with Crippen LogP contribution >= 0.6 is 35.5 Å². The Kier molecular flexibility index (Phi) is 8.49. The summed E-state index contributed by atoms with van der Waals surface area (Å²) in [5.74, 6) is 0. The predicted molar refractivity (Wildman–Crippen MR) is 67.4 cm³/mol. The van der Waals surface area contributed by atoms with Crippen LogP contribution in [0, 0.1) is 0 Å². The summed E-state index contributed by atoms with van der Waals surface area (Å²) in [5.41, 5.74) is 0. The molecule has 0 aliphatic carbocycles. The van der Waals surface area contributed by atoms with E-state index in [1.165, 1.54) is 0 Å². The van der Waals surface area contributed by atoms with Gasteiger partial charge in [0.2, 0.25) is 0 Å². The molecule has 1 unspecified atom stereocenters. The third kappa shape index (κ3) is 19.6. The van der Waals surface area contributed by atoms with Crippen molar-refractivity contribution in [3.8, 4) is 0 Å². The largest absolute Gasteiger partial charge is 0.338 e. The van der Waals surface area contributed by atoms with Crippen molar-refractivity contribution in [1.29, 1.82) is 0 Å². The first-order valence-corrected chi connectivity index (χ1v) is 11.9.